The molecule has 0 bridgehead atoms. The number of hydrogen-bond donors (Lipinski definition) is 0. The predicted molar refractivity (Wildman–Crippen MR) is 104 cm³/mol. The number of hydrogen-bond acceptors (Lipinski definition) is 7. The first-order valence-electron chi connectivity index (χ1n) is 9.11. The molecule has 0 aliphatic carbocycles. The lowest BCUT2D eigenvalue weighted by atomic mass is 10.1. The van der Waals surface area contributed by atoms with Crippen molar-refractivity contribution >= 4 is 5.95 Å². The predicted octanol–water partition coefficient (Wildman–Crippen LogP) is 1.96. The standard InChI is InChI=1S/C20H20FN5O3/c1-25-19(27)10-17(16-5-6-22-12-23-16)24-20(25)26-7-8-29-18(11-26)14-9-13(28-2)3-4-15(14)21/h3-6,9-10,12,18H,7-8,11H2,1-2H3. The largest absolute Gasteiger partial charge is 0.497 e. The van der Waals surface area contributed by atoms with E-state index in [0.29, 0.717) is 48.3 Å². The van der Waals surface area contributed by atoms with Crippen molar-refractivity contribution in [1.29, 1.82) is 0 Å². The van der Waals surface area contributed by atoms with E-state index < -0.39 is 6.10 Å². The Bertz CT molecular complexity index is 1070. The van der Waals surface area contributed by atoms with Gasteiger partial charge in [0.05, 0.1) is 31.6 Å². The lowest BCUT2D eigenvalue weighted by Gasteiger charge is -2.34. The third kappa shape index (κ3) is 3.81. The van der Waals surface area contributed by atoms with E-state index in [-0.39, 0.29) is 11.4 Å². The molecule has 29 heavy (non-hydrogen) atoms. The van der Waals surface area contributed by atoms with E-state index >= 15 is 0 Å². The maximum Gasteiger partial charge on any atom is 0.255 e. The normalized spacial score (nSPS) is 16.7. The maximum absolute atomic E-state index is 14.4. The number of halogens is 1. The molecule has 1 saturated heterocycles. The van der Waals surface area contributed by atoms with Crippen LogP contribution in [0.25, 0.3) is 11.4 Å². The fraction of sp³-hybridized carbons (Fsp3) is 0.300. The van der Waals surface area contributed by atoms with E-state index in [9.17, 15) is 9.18 Å². The number of nitrogens with zero attached hydrogens (tertiary/aromatic N) is 5. The van der Waals surface area contributed by atoms with Crippen LogP contribution in [0.3, 0.4) is 0 Å². The van der Waals surface area contributed by atoms with E-state index in [1.165, 1.54) is 30.1 Å². The van der Waals surface area contributed by atoms with Crippen molar-refractivity contribution < 1.29 is 13.9 Å². The van der Waals surface area contributed by atoms with Gasteiger partial charge < -0.3 is 14.4 Å². The first-order chi connectivity index (χ1) is 14.1. The van der Waals surface area contributed by atoms with Crippen molar-refractivity contribution in [3.63, 3.8) is 0 Å². The summed E-state index contributed by atoms with van der Waals surface area (Å²) in [7, 11) is 3.19. The van der Waals surface area contributed by atoms with Crippen LogP contribution in [0, 0.1) is 5.82 Å². The van der Waals surface area contributed by atoms with Gasteiger partial charge in [0.2, 0.25) is 5.95 Å². The van der Waals surface area contributed by atoms with Gasteiger partial charge in [0.25, 0.3) is 5.56 Å². The minimum Gasteiger partial charge on any atom is -0.497 e. The summed E-state index contributed by atoms with van der Waals surface area (Å²) in [6.07, 6.45) is 2.49. The molecule has 0 N–H and O–H groups in total. The molecule has 150 valence electrons. The van der Waals surface area contributed by atoms with Crippen molar-refractivity contribution in [2.24, 2.45) is 7.05 Å². The molecule has 9 heteroatoms. The zero-order chi connectivity index (χ0) is 20.4. The van der Waals surface area contributed by atoms with Gasteiger partial charge in [0.15, 0.2) is 0 Å². The zero-order valence-electron chi connectivity index (χ0n) is 16.1. The van der Waals surface area contributed by atoms with Crippen molar-refractivity contribution in [2.45, 2.75) is 6.10 Å². The van der Waals surface area contributed by atoms with Gasteiger partial charge in [-0.15, -0.1) is 0 Å². The van der Waals surface area contributed by atoms with Crippen LogP contribution >= 0.6 is 0 Å². The van der Waals surface area contributed by atoms with E-state index in [1.54, 1.807) is 31.4 Å². The van der Waals surface area contributed by atoms with Crippen LogP contribution in [0.15, 0.2) is 47.7 Å². The van der Waals surface area contributed by atoms with Crippen LogP contribution in [-0.4, -0.2) is 46.3 Å². The van der Waals surface area contributed by atoms with Gasteiger partial charge >= 0.3 is 0 Å². The van der Waals surface area contributed by atoms with Crippen LogP contribution in [-0.2, 0) is 11.8 Å². The smallest absolute Gasteiger partial charge is 0.255 e. The Morgan fingerprint density at radius 2 is 2.10 bits per heavy atom. The number of aromatic nitrogens is 4. The topological polar surface area (TPSA) is 82.4 Å². The van der Waals surface area contributed by atoms with Gasteiger partial charge in [-0.05, 0) is 24.3 Å². The third-order valence-electron chi connectivity index (χ3n) is 4.85. The molecule has 8 nitrogen and oxygen atoms in total. The molecule has 0 amide bonds. The number of morpholine rings is 1. The summed E-state index contributed by atoms with van der Waals surface area (Å²) in [5, 5.41) is 0. The maximum atomic E-state index is 14.4. The fourth-order valence-electron chi connectivity index (χ4n) is 3.30. The van der Waals surface area contributed by atoms with Gasteiger partial charge in [-0.25, -0.2) is 19.3 Å². The van der Waals surface area contributed by atoms with Gasteiger partial charge in [-0.3, -0.25) is 9.36 Å². The fourth-order valence-corrected chi connectivity index (χ4v) is 3.30. The lowest BCUT2D eigenvalue weighted by molar-refractivity contribution is 0.0366. The van der Waals surface area contributed by atoms with Gasteiger partial charge in [-0.2, -0.15) is 0 Å². The highest BCUT2D eigenvalue weighted by atomic mass is 19.1. The van der Waals surface area contributed by atoms with E-state index in [0.717, 1.165) is 0 Å². The molecule has 0 saturated carbocycles. The number of benzene rings is 1. The van der Waals surface area contributed by atoms with Crippen molar-refractivity contribution in [3.8, 4) is 17.1 Å². The summed E-state index contributed by atoms with van der Waals surface area (Å²) in [5.74, 6) is 0.662. The Hall–Kier alpha value is -3.33. The molecule has 3 aromatic rings. The molecule has 0 radical (unpaired) electrons. The molecule has 3 heterocycles. The molecule has 2 aromatic heterocycles. The Labute approximate surface area is 166 Å². The van der Waals surface area contributed by atoms with Gasteiger partial charge in [0, 0.05) is 31.4 Å². The summed E-state index contributed by atoms with van der Waals surface area (Å²) in [6, 6.07) is 7.69. The summed E-state index contributed by atoms with van der Waals surface area (Å²) in [4.78, 5) is 27.1. The van der Waals surface area contributed by atoms with E-state index in [1.807, 2.05) is 4.90 Å². The summed E-state index contributed by atoms with van der Waals surface area (Å²) < 4.78 is 26.9. The molecule has 1 aliphatic heterocycles. The van der Waals surface area contributed by atoms with E-state index in [4.69, 9.17) is 9.47 Å². The quantitative estimate of drug-likeness (QED) is 0.666. The van der Waals surface area contributed by atoms with Crippen LogP contribution in [0.4, 0.5) is 10.3 Å². The number of methoxy groups -OCH3 is 1. The molecule has 1 atom stereocenters. The first-order valence-corrected chi connectivity index (χ1v) is 9.11. The molecule has 1 aromatic carbocycles. The Morgan fingerprint density at radius 1 is 1.24 bits per heavy atom. The molecule has 1 aliphatic rings. The van der Waals surface area contributed by atoms with Crippen molar-refractivity contribution in [2.75, 3.05) is 31.7 Å². The van der Waals surface area contributed by atoms with Crippen LogP contribution in [0.1, 0.15) is 11.7 Å². The lowest BCUT2D eigenvalue weighted by Crippen LogP contribution is -2.42. The molecular formula is C20H20FN5O3. The minimum absolute atomic E-state index is 0.209. The number of ether oxygens (including phenoxy) is 2. The molecule has 1 fully saturated rings. The van der Waals surface area contributed by atoms with Gasteiger partial charge in [-0.1, -0.05) is 0 Å². The Morgan fingerprint density at radius 3 is 2.86 bits per heavy atom. The monoisotopic (exact) mass is 397 g/mol. The average molecular weight is 397 g/mol. The highest BCUT2D eigenvalue weighted by Crippen LogP contribution is 2.29. The van der Waals surface area contributed by atoms with Crippen molar-refractivity contribution in [3.05, 3.63) is 64.6 Å². The highest BCUT2D eigenvalue weighted by molar-refractivity contribution is 5.55. The molecule has 1 unspecified atom stereocenters. The number of rotatable bonds is 4. The van der Waals surface area contributed by atoms with Crippen LogP contribution in [0.2, 0.25) is 0 Å². The Balaban J connectivity index is 1.68. The second kappa shape index (κ2) is 7.96. The summed E-state index contributed by atoms with van der Waals surface area (Å²) in [5.41, 5.74) is 1.22. The second-order valence-corrected chi connectivity index (χ2v) is 6.63. The van der Waals surface area contributed by atoms with Crippen LogP contribution in [0.5, 0.6) is 5.75 Å². The second-order valence-electron chi connectivity index (χ2n) is 6.63. The zero-order valence-corrected chi connectivity index (χ0v) is 16.1. The van der Waals surface area contributed by atoms with Gasteiger partial charge in [0.1, 0.15) is 24.0 Å². The molecular weight excluding hydrogens is 377 g/mol. The average Bonchev–Trinajstić information content (AvgIpc) is 2.76. The van der Waals surface area contributed by atoms with Crippen molar-refractivity contribution in [1.82, 2.24) is 19.5 Å². The SMILES string of the molecule is COc1ccc(F)c(C2CN(c3nc(-c4ccncn4)cc(=O)n3C)CCO2)c1. The third-order valence-corrected chi connectivity index (χ3v) is 4.85. The summed E-state index contributed by atoms with van der Waals surface area (Å²) >= 11 is 0. The first kappa shape index (κ1) is 19.0. The summed E-state index contributed by atoms with van der Waals surface area (Å²) in [6.45, 7) is 1.24. The van der Waals surface area contributed by atoms with E-state index in [2.05, 4.69) is 15.0 Å². The molecule has 0 spiro atoms. The van der Waals surface area contributed by atoms with Crippen LogP contribution < -0.4 is 15.2 Å². The highest BCUT2D eigenvalue weighted by Gasteiger charge is 2.27. The Kier molecular flexibility index (Phi) is 5.22. The minimum atomic E-state index is -0.515. The molecule has 4 rings (SSSR count). The number of anilines is 1.